The van der Waals surface area contributed by atoms with Crippen molar-refractivity contribution in [3.63, 3.8) is 0 Å². The van der Waals surface area contributed by atoms with E-state index in [1.54, 1.807) is 13.0 Å². The first-order chi connectivity index (χ1) is 9.54. The van der Waals surface area contributed by atoms with Crippen molar-refractivity contribution in [1.29, 1.82) is 0 Å². The van der Waals surface area contributed by atoms with Crippen LogP contribution in [0.15, 0.2) is 40.9 Å². The fraction of sp³-hybridized carbons (Fsp3) is 0.133. The van der Waals surface area contributed by atoms with Crippen LogP contribution in [0.3, 0.4) is 0 Å². The number of imidazole rings is 1. The van der Waals surface area contributed by atoms with Gasteiger partial charge in [0.05, 0.1) is 17.6 Å². The first-order valence-corrected chi connectivity index (χ1v) is 7.00. The van der Waals surface area contributed by atoms with Gasteiger partial charge in [-0.3, -0.25) is 0 Å². The summed E-state index contributed by atoms with van der Waals surface area (Å²) in [6.07, 6.45) is 0. The average molecular weight is 334 g/mol. The number of anilines is 1. The summed E-state index contributed by atoms with van der Waals surface area (Å²) in [5.74, 6) is 0.134. The number of hydrogen-bond acceptors (Lipinski definition) is 2. The topological polar surface area (TPSA) is 43.8 Å². The predicted octanol–water partition coefficient (Wildman–Crippen LogP) is 3.88. The summed E-state index contributed by atoms with van der Waals surface area (Å²) < 4.78 is 16.5. The largest absolute Gasteiger partial charge is 0.369 e. The molecule has 20 heavy (non-hydrogen) atoms. The highest BCUT2D eigenvalue weighted by Gasteiger charge is 2.11. The molecular weight excluding hydrogens is 321 g/mol. The molecule has 0 radical (unpaired) electrons. The van der Waals surface area contributed by atoms with Gasteiger partial charge in [0.15, 0.2) is 0 Å². The number of nitrogen functional groups attached to an aromatic ring is 1. The molecule has 5 heteroatoms. The number of aromatic nitrogens is 2. The van der Waals surface area contributed by atoms with Gasteiger partial charge in [0.1, 0.15) is 5.82 Å². The van der Waals surface area contributed by atoms with E-state index >= 15 is 0 Å². The molecule has 3 nitrogen and oxygen atoms in total. The Hall–Kier alpha value is -1.88. The quantitative estimate of drug-likeness (QED) is 0.773. The molecule has 0 bridgehead atoms. The Morgan fingerprint density at radius 1 is 1.30 bits per heavy atom. The molecule has 3 rings (SSSR count). The fourth-order valence-electron chi connectivity index (χ4n) is 2.25. The lowest BCUT2D eigenvalue weighted by Gasteiger charge is -2.07. The highest BCUT2D eigenvalue weighted by Crippen LogP contribution is 2.23. The van der Waals surface area contributed by atoms with E-state index in [1.807, 2.05) is 28.8 Å². The number of nitrogens with zero attached hydrogens (tertiary/aromatic N) is 2. The molecule has 0 aliphatic carbocycles. The number of nitrogens with two attached hydrogens (primary N) is 1. The van der Waals surface area contributed by atoms with Crippen molar-refractivity contribution in [2.45, 2.75) is 13.5 Å². The second kappa shape index (κ2) is 4.90. The van der Waals surface area contributed by atoms with Crippen molar-refractivity contribution in [3.8, 4) is 0 Å². The molecule has 0 spiro atoms. The van der Waals surface area contributed by atoms with Crippen LogP contribution in [0.2, 0.25) is 0 Å². The normalized spacial score (nSPS) is 11.2. The molecule has 3 aromatic rings. The first kappa shape index (κ1) is 13.1. The molecule has 1 aromatic heterocycles. The summed E-state index contributed by atoms with van der Waals surface area (Å²) in [5, 5.41) is 0. The standard InChI is InChI=1S/C15H13BrFN3/c1-9-5-14-13(7-12(9)17)19-15(18)20(14)8-10-3-2-4-11(16)6-10/h2-7H,8H2,1H3,(H2,18,19). The maximum Gasteiger partial charge on any atom is 0.201 e. The molecule has 0 fully saturated rings. The van der Waals surface area contributed by atoms with E-state index in [9.17, 15) is 4.39 Å². The minimum atomic E-state index is -0.260. The minimum Gasteiger partial charge on any atom is -0.369 e. The van der Waals surface area contributed by atoms with Gasteiger partial charge < -0.3 is 10.3 Å². The molecule has 0 atom stereocenters. The highest BCUT2D eigenvalue weighted by molar-refractivity contribution is 9.10. The Balaban J connectivity index is 2.11. The van der Waals surface area contributed by atoms with Crippen LogP contribution in [0.4, 0.5) is 10.3 Å². The molecule has 0 saturated carbocycles. The average Bonchev–Trinajstić information content (AvgIpc) is 2.67. The monoisotopic (exact) mass is 333 g/mol. The summed E-state index contributed by atoms with van der Waals surface area (Å²) >= 11 is 3.45. The Morgan fingerprint density at radius 3 is 2.85 bits per heavy atom. The molecule has 2 aromatic carbocycles. The molecule has 102 valence electrons. The van der Waals surface area contributed by atoms with Crippen LogP contribution in [-0.2, 0) is 6.54 Å². The lowest BCUT2D eigenvalue weighted by Crippen LogP contribution is -2.04. The summed E-state index contributed by atoms with van der Waals surface area (Å²) in [4.78, 5) is 4.22. The number of benzene rings is 2. The van der Waals surface area contributed by atoms with Crippen LogP contribution in [0.5, 0.6) is 0 Å². The van der Waals surface area contributed by atoms with Crippen molar-refractivity contribution in [2.24, 2.45) is 0 Å². The number of aryl methyl sites for hydroxylation is 1. The third-order valence-electron chi connectivity index (χ3n) is 3.29. The lowest BCUT2D eigenvalue weighted by atomic mass is 10.2. The Kier molecular flexibility index (Phi) is 3.22. The van der Waals surface area contributed by atoms with Gasteiger partial charge in [-0.15, -0.1) is 0 Å². The highest BCUT2D eigenvalue weighted by atomic mass is 79.9. The maximum absolute atomic E-state index is 13.6. The second-order valence-corrected chi connectivity index (χ2v) is 5.69. The van der Waals surface area contributed by atoms with Crippen LogP contribution in [0.25, 0.3) is 11.0 Å². The lowest BCUT2D eigenvalue weighted by molar-refractivity contribution is 0.620. The van der Waals surface area contributed by atoms with E-state index in [0.717, 1.165) is 15.6 Å². The fourth-order valence-corrected chi connectivity index (χ4v) is 2.70. The molecule has 0 aliphatic heterocycles. The first-order valence-electron chi connectivity index (χ1n) is 6.21. The number of hydrogen-bond donors (Lipinski definition) is 1. The van der Waals surface area contributed by atoms with Crippen LogP contribution < -0.4 is 5.73 Å². The van der Waals surface area contributed by atoms with E-state index in [0.29, 0.717) is 23.6 Å². The molecule has 1 heterocycles. The Morgan fingerprint density at radius 2 is 2.10 bits per heavy atom. The van der Waals surface area contributed by atoms with Crippen LogP contribution in [0.1, 0.15) is 11.1 Å². The number of rotatable bonds is 2. The molecular formula is C15H13BrFN3. The Bertz CT molecular complexity index is 795. The summed E-state index contributed by atoms with van der Waals surface area (Å²) in [6, 6.07) is 11.2. The van der Waals surface area contributed by atoms with Gasteiger partial charge in [-0.25, -0.2) is 9.37 Å². The van der Waals surface area contributed by atoms with Crippen molar-refractivity contribution in [1.82, 2.24) is 9.55 Å². The molecule has 0 unspecified atom stereocenters. The number of fused-ring (bicyclic) bond motifs is 1. The third kappa shape index (κ3) is 2.29. The van der Waals surface area contributed by atoms with Gasteiger partial charge in [-0.1, -0.05) is 28.1 Å². The van der Waals surface area contributed by atoms with E-state index in [2.05, 4.69) is 20.9 Å². The zero-order valence-corrected chi connectivity index (χ0v) is 12.5. The van der Waals surface area contributed by atoms with Crippen molar-refractivity contribution >= 4 is 32.9 Å². The zero-order chi connectivity index (χ0) is 14.3. The van der Waals surface area contributed by atoms with E-state index in [4.69, 9.17) is 5.73 Å². The van der Waals surface area contributed by atoms with Crippen LogP contribution in [-0.4, -0.2) is 9.55 Å². The Labute approximate surface area is 124 Å². The SMILES string of the molecule is Cc1cc2c(cc1F)nc(N)n2Cc1cccc(Br)c1. The van der Waals surface area contributed by atoms with Crippen molar-refractivity contribution in [3.05, 3.63) is 57.8 Å². The molecule has 0 amide bonds. The van der Waals surface area contributed by atoms with Crippen LogP contribution >= 0.6 is 15.9 Å². The second-order valence-electron chi connectivity index (χ2n) is 4.78. The summed E-state index contributed by atoms with van der Waals surface area (Å²) in [7, 11) is 0. The minimum absolute atomic E-state index is 0.260. The predicted molar refractivity (Wildman–Crippen MR) is 82.1 cm³/mol. The molecule has 2 N–H and O–H groups in total. The van der Waals surface area contributed by atoms with Gasteiger partial charge in [0, 0.05) is 10.5 Å². The van der Waals surface area contributed by atoms with Gasteiger partial charge in [0.25, 0.3) is 0 Å². The summed E-state index contributed by atoms with van der Waals surface area (Å²) in [5.41, 5.74) is 9.08. The van der Waals surface area contributed by atoms with E-state index < -0.39 is 0 Å². The van der Waals surface area contributed by atoms with Gasteiger partial charge in [-0.05, 0) is 36.2 Å². The van der Waals surface area contributed by atoms with Gasteiger partial charge in [-0.2, -0.15) is 0 Å². The van der Waals surface area contributed by atoms with E-state index in [-0.39, 0.29) is 5.82 Å². The zero-order valence-electron chi connectivity index (χ0n) is 10.9. The smallest absolute Gasteiger partial charge is 0.201 e. The molecule has 0 aliphatic rings. The molecule has 0 saturated heterocycles. The summed E-state index contributed by atoms with van der Waals surface area (Å²) in [6.45, 7) is 2.34. The van der Waals surface area contributed by atoms with Crippen molar-refractivity contribution in [2.75, 3.05) is 5.73 Å². The van der Waals surface area contributed by atoms with Gasteiger partial charge in [0.2, 0.25) is 5.95 Å². The van der Waals surface area contributed by atoms with Crippen molar-refractivity contribution < 1.29 is 4.39 Å². The van der Waals surface area contributed by atoms with Crippen LogP contribution in [0, 0.1) is 12.7 Å². The van der Waals surface area contributed by atoms with E-state index in [1.165, 1.54) is 6.07 Å². The number of halogens is 2. The third-order valence-corrected chi connectivity index (χ3v) is 3.78. The van der Waals surface area contributed by atoms with Gasteiger partial charge >= 0.3 is 0 Å². The maximum atomic E-state index is 13.6.